The third kappa shape index (κ3) is 7.01. The number of amides is 1. The van der Waals surface area contributed by atoms with Crippen LogP contribution in [0, 0.1) is 5.92 Å². The quantitative estimate of drug-likeness (QED) is 0.603. The molecule has 0 unspecified atom stereocenters. The molecule has 0 radical (unpaired) electrons. The second kappa shape index (κ2) is 9.99. The first kappa shape index (κ1) is 22.5. The van der Waals surface area contributed by atoms with Crippen molar-refractivity contribution in [3.63, 3.8) is 0 Å². The first-order valence-corrected chi connectivity index (χ1v) is 10.5. The van der Waals surface area contributed by atoms with Crippen LogP contribution in [0.4, 0.5) is 0 Å². The molecule has 26 heavy (non-hydrogen) atoms. The van der Waals surface area contributed by atoms with Crippen molar-refractivity contribution in [2.45, 2.75) is 20.3 Å². The maximum absolute atomic E-state index is 12.3. The largest absolute Gasteiger partial charge is 0.493 e. The Balaban J connectivity index is 2.70. The highest BCUT2D eigenvalue weighted by molar-refractivity contribution is 7.88. The lowest BCUT2D eigenvalue weighted by Gasteiger charge is -2.16. The molecule has 0 aliphatic carbocycles. The number of carbonyl (C=O) groups is 1. The Morgan fingerprint density at radius 1 is 1.35 bits per heavy atom. The maximum Gasteiger partial charge on any atom is 0.251 e. The van der Waals surface area contributed by atoms with Crippen LogP contribution in [0.3, 0.4) is 0 Å². The van der Waals surface area contributed by atoms with E-state index in [-0.39, 0.29) is 5.91 Å². The number of nitrogens with one attached hydrogen (secondary N) is 1. The fourth-order valence-corrected chi connectivity index (χ4v) is 2.74. The SMILES string of the molecule is COc1cc(C(=O)NCCCN(C)S(C)(=O)=O)cc(Cl)c1OCC(C)C. The lowest BCUT2D eigenvalue weighted by Crippen LogP contribution is -2.31. The number of methoxy groups -OCH3 is 1. The van der Waals surface area contributed by atoms with Crippen molar-refractivity contribution in [3.8, 4) is 11.5 Å². The molecule has 1 amide bonds. The summed E-state index contributed by atoms with van der Waals surface area (Å²) in [6.45, 7) is 5.18. The van der Waals surface area contributed by atoms with Gasteiger partial charge in [0.05, 0.1) is 25.0 Å². The summed E-state index contributed by atoms with van der Waals surface area (Å²) >= 11 is 6.24. The van der Waals surface area contributed by atoms with Crippen molar-refractivity contribution < 1.29 is 22.7 Å². The highest BCUT2D eigenvalue weighted by Gasteiger charge is 2.16. The minimum absolute atomic E-state index is 0.298. The van der Waals surface area contributed by atoms with Crippen molar-refractivity contribution in [3.05, 3.63) is 22.7 Å². The van der Waals surface area contributed by atoms with E-state index in [1.807, 2.05) is 13.8 Å². The predicted octanol–water partition coefficient (Wildman–Crippen LogP) is 2.39. The average molecular weight is 407 g/mol. The molecule has 0 aliphatic rings. The van der Waals surface area contributed by atoms with E-state index < -0.39 is 10.0 Å². The summed E-state index contributed by atoms with van der Waals surface area (Å²) in [5.41, 5.74) is 0.347. The zero-order chi connectivity index (χ0) is 19.9. The van der Waals surface area contributed by atoms with Crippen LogP contribution in [0.1, 0.15) is 30.6 Å². The van der Waals surface area contributed by atoms with Gasteiger partial charge in [-0.2, -0.15) is 0 Å². The van der Waals surface area contributed by atoms with Gasteiger partial charge in [-0.15, -0.1) is 0 Å². The van der Waals surface area contributed by atoms with Crippen molar-refractivity contribution in [1.29, 1.82) is 0 Å². The van der Waals surface area contributed by atoms with Gasteiger partial charge in [0.1, 0.15) is 0 Å². The molecular weight excluding hydrogens is 380 g/mol. The normalized spacial score (nSPS) is 11.7. The van der Waals surface area contributed by atoms with Crippen molar-refractivity contribution in [2.75, 3.05) is 40.1 Å². The molecular formula is C17H27ClN2O5S. The van der Waals surface area contributed by atoms with Crippen LogP contribution in [0.15, 0.2) is 12.1 Å². The van der Waals surface area contributed by atoms with Crippen LogP contribution in [0.25, 0.3) is 0 Å². The Morgan fingerprint density at radius 3 is 2.54 bits per heavy atom. The molecule has 0 aromatic heterocycles. The van der Waals surface area contributed by atoms with Crippen LogP contribution in [-0.4, -0.2) is 58.7 Å². The topological polar surface area (TPSA) is 84.9 Å². The summed E-state index contributed by atoms with van der Waals surface area (Å²) < 4.78 is 34.8. The van der Waals surface area contributed by atoms with Gasteiger partial charge in [-0.25, -0.2) is 12.7 Å². The fourth-order valence-electron chi connectivity index (χ4n) is 2.01. The fraction of sp³-hybridized carbons (Fsp3) is 0.588. The van der Waals surface area contributed by atoms with Crippen LogP contribution in [0.5, 0.6) is 11.5 Å². The highest BCUT2D eigenvalue weighted by Crippen LogP contribution is 2.36. The second-order valence-electron chi connectivity index (χ2n) is 6.39. The Hall–Kier alpha value is -1.51. The third-order valence-corrected chi connectivity index (χ3v) is 5.15. The van der Waals surface area contributed by atoms with Crippen LogP contribution >= 0.6 is 11.6 Å². The minimum Gasteiger partial charge on any atom is -0.493 e. The summed E-state index contributed by atoms with van der Waals surface area (Å²) in [7, 11) is -0.234. The summed E-state index contributed by atoms with van der Waals surface area (Å²) in [6, 6.07) is 3.09. The van der Waals surface area contributed by atoms with Gasteiger partial charge in [-0.1, -0.05) is 25.4 Å². The number of rotatable bonds is 10. The molecule has 7 nitrogen and oxygen atoms in total. The number of carbonyl (C=O) groups excluding carboxylic acids is 1. The lowest BCUT2D eigenvalue weighted by molar-refractivity contribution is 0.0952. The monoisotopic (exact) mass is 406 g/mol. The average Bonchev–Trinajstić information content (AvgIpc) is 2.55. The van der Waals surface area contributed by atoms with E-state index >= 15 is 0 Å². The number of halogens is 1. The lowest BCUT2D eigenvalue weighted by atomic mass is 10.1. The van der Waals surface area contributed by atoms with Gasteiger partial charge in [0.15, 0.2) is 11.5 Å². The van der Waals surface area contributed by atoms with E-state index in [9.17, 15) is 13.2 Å². The molecule has 0 saturated heterocycles. The number of ether oxygens (including phenoxy) is 2. The maximum atomic E-state index is 12.3. The predicted molar refractivity (Wildman–Crippen MR) is 103 cm³/mol. The van der Waals surface area contributed by atoms with Crippen molar-refractivity contribution in [2.24, 2.45) is 5.92 Å². The summed E-state index contributed by atoms with van der Waals surface area (Å²) in [5.74, 6) is 0.806. The number of sulfonamides is 1. The second-order valence-corrected chi connectivity index (χ2v) is 8.88. The molecule has 0 atom stereocenters. The number of hydrogen-bond acceptors (Lipinski definition) is 5. The number of benzene rings is 1. The van der Waals surface area contributed by atoms with Gasteiger partial charge in [-0.3, -0.25) is 4.79 Å². The molecule has 1 rings (SSSR count). The Labute approximate surface area is 160 Å². The van der Waals surface area contributed by atoms with E-state index in [2.05, 4.69) is 5.32 Å². The van der Waals surface area contributed by atoms with Gasteiger partial charge in [-0.05, 0) is 24.5 Å². The van der Waals surface area contributed by atoms with E-state index in [1.54, 1.807) is 6.07 Å². The summed E-state index contributed by atoms with van der Waals surface area (Å²) in [6.07, 6.45) is 1.64. The molecule has 9 heteroatoms. The van der Waals surface area contributed by atoms with Crippen LogP contribution < -0.4 is 14.8 Å². The van der Waals surface area contributed by atoms with Gasteiger partial charge in [0, 0.05) is 25.7 Å². The van der Waals surface area contributed by atoms with Crippen molar-refractivity contribution >= 4 is 27.5 Å². The van der Waals surface area contributed by atoms with E-state index in [1.165, 1.54) is 24.5 Å². The molecule has 0 spiro atoms. The number of nitrogens with zero attached hydrogens (tertiary/aromatic N) is 1. The number of hydrogen-bond donors (Lipinski definition) is 1. The standard InChI is InChI=1S/C17H27ClN2O5S/c1-12(2)11-25-16-14(18)9-13(10-15(16)24-4)17(21)19-7-6-8-20(3)26(5,22)23/h9-10,12H,6-8,11H2,1-5H3,(H,19,21). The first-order chi connectivity index (χ1) is 12.1. The zero-order valence-corrected chi connectivity index (χ0v) is 17.4. The van der Waals surface area contributed by atoms with E-state index in [0.29, 0.717) is 54.1 Å². The molecule has 0 aliphatic heterocycles. The molecule has 148 valence electrons. The smallest absolute Gasteiger partial charge is 0.251 e. The van der Waals surface area contributed by atoms with Gasteiger partial charge < -0.3 is 14.8 Å². The minimum atomic E-state index is -3.21. The zero-order valence-electron chi connectivity index (χ0n) is 15.8. The molecule has 1 aromatic rings. The van der Waals surface area contributed by atoms with Crippen LogP contribution in [-0.2, 0) is 10.0 Å². The third-order valence-electron chi connectivity index (χ3n) is 3.55. The first-order valence-electron chi connectivity index (χ1n) is 8.26. The van der Waals surface area contributed by atoms with E-state index in [4.69, 9.17) is 21.1 Å². The van der Waals surface area contributed by atoms with Gasteiger partial charge in [0.2, 0.25) is 10.0 Å². The van der Waals surface area contributed by atoms with Crippen molar-refractivity contribution in [1.82, 2.24) is 9.62 Å². The van der Waals surface area contributed by atoms with Gasteiger partial charge >= 0.3 is 0 Å². The molecule has 1 N–H and O–H groups in total. The van der Waals surface area contributed by atoms with Crippen LogP contribution in [0.2, 0.25) is 5.02 Å². The summed E-state index contributed by atoms with van der Waals surface area (Å²) in [4.78, 5) is 12.3. The summed E-state index contributed by atoms with van der Waals surface area (Å²) in [5, 5.41) is 3.04. The van der Waals surface area contributed by atoms with E-state index in [0.717, 1.165) is 6.26 Å². The molecule has 0 saturated carbocycles. The molecule has 0 bridgehead atoms. The Morgan fingerprint density at radius 2 is 2.00 bits per heavy atom. The molecule has 0 heterocycles. The highest BCUT2D eigenvalue weighted by atomic mass is 35.5. The Kier molecular flexibility index (Phi) is 8.66. The van der Waals surface area contributed by atoms with Gasteiger partial charge in [0.25, 0.3) is 5.91 Å². The Bertz CT molecular complexity index is 722. The molecule has 0 fully saturated rings. The molecule has 1 aromatic carbocycles.